The molecule has 0 atom stereocenters. The van der Waals surface area contributed by atoms with E-state index >= 15 is 0 Å². The van der Waals surface area contributed by atoms with Crippen LogP contribution < -0.4 is 17.2 Å². The maximum Gasteiger partial charge on any atom is 0.244 e. The molecule has 0 aliphatic carbocycles. The van der Waals surface area contributed by atoms with Crippen LogP contribution in [0.4, 0.5) is 0 Å². The van der Waals surface area contributed by atoms with Crippen LogP contribution in [0.3, 0.4) is 0 Å². The van der Waals surface area contributed by atoms with Crippen molar-refractivity contribution in [3.8, 4) is 0 Å². The Labute approximate surface area is 112 Å². The second-order valence-corrected chi connectivity index (χ2v) is 4.55. The molecule has 0 aliphatic heterocycles. The van der Waals surface area contributed by atoms with Gasteiger partial charge in [0.1, 0.15) is 0 Å². The minimum absolute atomic E-state index is 0.0958. The smallest absolute Gasteiger partial charge is 0.244 e. The Balaban J connectivity index is 0. The van der Waals surface area contributed by atoms with Crippen molar-refractivity contribution in [2.24, 2.45) is 17.2 Å². The number of unbranched alkanes of at least 4 members (excludes halogenated alkanes) is 4. The van der Waals surface area contributed by atoms with E-state index in [-0.39, 0.29) is 12.1 Å². The number of nitrogens with two attached hydrogens (primary N) is 3. The lowest BCUT2D eigenvalue weighted by atomic mass is 10.2. The Morgan fingerprint density at radius 3 is 2.06 bits per heavy atom. The SMILES string of the molecule is CCCCC=C(C)C(N)=O.CCCCCC(N)N. The van der Waals surface area contributed by atoms with Gasteiger partial charge in [-0.15, -0.1) is 0 Å². The van der Waals surface area contributed by atoms with E-state index in [1.807, 2.05) is 6.08 Å². The predicted molar refractivity (Wildman–Crippen MR) is 78.8 cm³/mol. The first-order valence-electron chi connectivity index (χ1n) is 6.93. The molecule has 0 bridgehead atoms. The summed E-state index contributed by atoms with van der Waals surface area (Å²) in [6, 6.07) is 0. The first kappa shape index (κ1) is 19.5. The Hall–Kier alpha value is -0.870. The summed E-state index contributed by atoms with van der Waals surface area (Å²) < 4.78 is 0. The number of carbonyl (C=O) groups excluding carboxylic acids is 1. The molecule has 0 fully saturated rings. The molecule has 108 valence electrons. The lowest BCUT2D eigenvalue weighted by Gasteiger charge is -2.01. The van der Waals surface area contributed by atoms with E-state index < -0.39 is 0 Å². The van der Waals surface area contributed by atoms with Crippen LogP contribution in [0, 0.1) is 0 Å². The summed E-state index contributed by atoms with van der Waals surface area (Å²) in [6.07, 6.45) is 9.69. The van der Waals surface area contributed by atoms with Gasteiger partial charge in [-0.3, -0.25) is 4.79 Å². The average Bonchev–Trinajstić information content (AvgIpc) is 2.30. The van der Waals surface area contributed by atoms with Crippen LogP contribution in [-0.4, -0.2) is 12.1 Å². The Morgan fingerprint density at radius 2 is 1.67 bits per heavy atom. The van der Waals surface area contributed by atoms with Gasteiger partial charge in [-0.2, -0.15) is 0 Å². The molecule has 0 radical (unpaired) electrons. The number of hydrogen-bond donors (Lipinski definition) is 3. The van der Waals surface area contributed by atoms with Crippen molar-refractivity contribution in [1.29, 1.82) is 0 Å². The predicted octanol–water partition coefficient (Wildman–Crippen LogP) is 2.42. The van der Waals surface area contributed by atoms with Crippen LogP contribution in [0.25, 0.3) is 0 Å². The second kappa shape index (κ2) is 14.2. The van der Waals surface area contributed by atoms with Crippen LogP contribution in [0.15, 0.2) is 11.6 Å². The first-order valence-corrected chi connectivity index (χ1v) is 6.93. The third-order valence-electron chi connectivity index (χ3n) is 2.54. The van der Waals surface area contributed by atoms with Crippen LogP contribution in [-0.2, 0) is 4.79 Å². The summed E-state index contributed by atoms with van der Waals surface area (Å²) in [4.78, 5) is 10.4. The lowest BCUT2D eigenvalue weighted by Crippen LogP contribution is -2.29. The number of amides is 1. The molecule has 4 heteroatoms. The molecule has 0 aromatic rings. The third-order valence-corrected chi connectivity index (χ3v) is 2.54. The van der Waals surface area contributed by atoms with Crippen molar-refractivity contribution in [2.75, 3.05) is 0 Å². The van der Waals surface area contributed by atoms with Gasteiger partial charge in [0, 0.05) is 5.57 Å². The van der Waals surface area contributed by atoms with Crippen molar-refractivity contribution in [1.82, 2.24) is 0 Å². The molecule has 0 aliphatic rings. The second-order valence-electron chi connectivity index (χ2n) is 4.55. The monoisotopic (exact) mass is 257 g/mol. The highest BCUT2D eigenvalue weighted by Gasteiger charge is 1.93. The fourth-order valence-electron chi connectivity index (χ4n) is 1.25. The van der Waals surface area contributed by atoms with Crippen molar-refractivity contribution in [2.45, 2.75) is 71.9 Å². The molecular formula is C14H31N3O. The molecule has 0 unspecified atom stereocenters. The minimum Gasteiger partial charge on any atom is -0.366 e. The van der Waals surface area contributed by atoms with E-state index in [1.54, 1.807) is 6.92 Å². The van der Waals surface area contributed by atoms with Gasteiger partial charge >= 0.3 is 0 Å². The summed E-state index contributed by atoms with van der Waals surface area (Å²) in [5.41, 5.74) is 16.3. The van der Waals surface area contributed by atoms with Gasteiger partial charge in [-0.05, 0) is 19.8 Å². The van der Waals surface area contributed by atoms with Crippen molar-refractivity contribution in [3.63, 3.8) is 0 Å². The highest BCUT2D eigenvalue weighted by Crippen LogP contribution is 1.99. The van der Waals surface area contributed by atoms with E-state index in [4.69, 9.17) is 17.2 Å². The molecular weight excluding hydrogens is 226 g/mol. The average molecular weight is 257 g/mol. The quantitative estimate of drug-likeness (QED) is 0.354. The molecule has 1 amide bonds. The summed E-state index contributed by atoms with van der Waals surface area (Å²) in [5, 5.41) is 0. The van der Waals surface area contributed by atoms with Gasteiger partial charge in [-0.25, -0.2) is 0 Å². The largest absolute Gasteiger partial charge is 0.366 e. The summed E-state index contributed by atoms with van der Waals surface area (Å²) in [7, 11) is 0. The number of hydrogen-bond acceptors (Lipinski definition) is 3. The first-order chi connectivity index (χ1) is 8.45. The van der Waals surface area contributed by atoms with Gasteiger partial charge < -0.3 is 17.2 Å². The zero-order valence-corrected chi connectivity index (χ0v) is 12.2. The van der Waals surface area contributed by atoms with Crippen LogP contribution >= 0.6 is 0 Å². The van der Waals surface area contributed by atoms with Crippen molar-refractivity contribution in [3.05, 3.63) is 11.6 Å². The highest BCUT2D eigenvalue weighted by molar-refractivity contribution is 5.91. The van der Waals surface area contributed by atoms with E-state index in [2.05, 4.69) is 13.8 Å². The summed E-state index contributed by atoms with van der Waals surface area (Å²) in [6.45, 7) is 6.04. The van der Waals surface area contributed by atoms with Gasteiger partial charge in [0.2, 0.25) is 5.91 Å². The standard InChI is InChI=1S/C8H15NO.C6H16N2/c1-3-4-5-6-7(2)8(9)10;1-2-3-4-5-6(7)8/h6H,3-5H2,1-2H3,(H2,9,10);6H,2-5,7-8H2,1H3. The molecule has 0 saturated carbocycles. The maximum absolute atomic E-state index is 10.4. The summed E-state index contributed by atoms with van der Waals surface area (Å²) in [5.74, 6) is -0.309. The lowest BCUT2D eigenvalue weighted by molar-refractivity contribution is -0.114. The molecule has 0 spiro atoms. The number of carbonyl (C=O) groups is 1. The number of allylic oxidation sites excluding steroid dienone is 1. The van der Waals surface area contributed by atoms with Crippen LogP contribution in [0.2, 0.25) is 0 Å². The molecule has 0 saturated heterocycles. The van der Waals surface area contributed by atoms with E-state index in [1.165, 1.54) is 19.3 Å². The molecule has 6 N–H and O–H groups in total. The summed E-state index contributed by atoms with van der Waals surface area (Å²) >= 11 is 0. The van der Waals surface area contributed by atoms with E-state index in [0.29, 0.717) is 5.57 Å². The van der Waals surface area contributed by atoms with Crippen LogP contribution in [0.1, 0.15) is 65.7 Å². The number of primary amides is 1. The van der Waals surface area contributed by atoms with E-state index in [0.717, 1.165) is 25.7 Å². The fraction of sp³-hybridized carbons (Fsp3) is 0.786. The topological polar surface area (TPSA) is 95.1 Å². The fourth-order valence-corrected chi connectivity index (χ4v) is 1.25. The zero-order valence-electron chi connectivity index (χ0n) is 12.2. The number of rotatable bonds is 8. The third kappa shape index (κ3) is 17.5. The maximum atomic E-state index is 10.4. The molecule has 0 rings (SSSR count). The minimum atomic E-state index is -0.309. The van der Waals surface area contributed by atoms with Crippen LogP contribution in [0.5, 0.6) is 0 Å². The van der Waals surface area contributed by atoms with Gasteiger partial charge in [-0.1, -0.05) is 52.0 Å². The van der Waals surface area contributed by atoms with Crippen molar-refractivity contribution < 1.29 is 4.79 Å². The van der Waals surface area contributed by atoms with Crippen molar-refractivity contribution >= 4 is 5.91 Å². The van der Waals surface area contributed by atoms with Gasteiger partial charge in [0.15, 0.2) is 0 Å². The van der Waals surface area contributed by atoms with E-state index in [9.17, 15) is 4.79 Å². The Morgan fingerprint density at radius 1 is 1.11 bits per heavy atom. The molecule has 0 heterocycles. The molecule has 0 aromatic heterocycles. The normalized spacial score (nSPS) is 11.1. The van der Waals surface area contributed by atoms with Gasteiger partial charge in [0.05, 0.1) is 6.17 Å². The highest BCUT2D eigenvalue weighted by atomic mass is 16.1. The molecule has 4 nitrogen and oxygen atoms in total. The Bertz CT molecular complexity index is 225. The van der Waals surface area contributed by atoms with Gasteiger partial charge in [0.25, 0.3) is 0 Å². The molecule has 0 aromatic carbocycles. The zero-order chi connectivity index (χ0) is 14.4. The Kier molecular flexibility index (Phi) is 15.4. The molecule has 18 heavy (non-hydrogen) atoms.